The summed E-state index contributed by atoms with van der Waals surface area (Å²) in [5, 5.41) is 0. The molecule has 1 aromatic heterocycles. The summed E-state index contributed by atoms with van der Waals surface area (Å²) in [4.78, 5) is 6.77. The Balaban J connectivity index is 1.97. The van der Waals surface area contributed by atoms with Crippen molar-refractivity contribution in [3.05, 3.63) is 17.8 Å². The van der Waals surface area contributed by atoms with Crippen LogP contribution in [0.3, 0.4) is 0 Å². The monoisotopic (exact) mass is 240 g/mol. The summed E-state index contributed by atoms with van der Waals surface area (Å²) in [6.45, 7) is 9.60. The van der Waals surface area contributed by atoms with Gasteiger partial charge in [-0.05, 0) is 0 Å². The van der Waals surface area contributed by atoms with Crippen molar-refractivity contribution in [2.45, 2.75) is 32.7 Å². The third-order valence-electron chi connectivity index (χ3n) is 2.76. The van der Waals surface area contributed by atoms with E-state index in [1.807, 2.05) is 18.0 Å². The van der Waals surface area contributed by atoms with Crippen LogP contribution in [0.25, 0.3) is 0 Å². The predicted octanol–water partition coefficient (Wildman–Crippen LogP) is 2.52. The van der Waals surface area contributed by atoms with Crippen LogP contribution in [0.15, 0.2) is 10.6 Å². The highest BCUT2D eigenvalue weighted by molar-refractivity contribution is 7.99. The van der Waals surface area contributed by atoms with Gasteiger partial charge in [0.15, 0.2) is 0 Å². The first kappa shape index (κ1) is 12.0. The van der Waals surface area contributed by atoms with E-state index in [1.54, 1.807) is 0 Å². The molecule has 0 aliphatic carbocycles. The molecule has 1 aliphatic rings. The van der Waals surface area contributed by atoms with E-state index in [4.69, 9.17) is 4.42 Å². The van der Waals surface area contributed by atoms with Gasteiger partial charge in [-0.25, -0.2) is 4.98 Å². The molecule has 1 saturated heterocycles. The van der Waals surface area contributed by atoms with Crippen LogP contribution in [-0.4, -0.2) is 34.5 Å². The fourth-order valence-electron chi connectivity index (χ4n) is 1.68. The van der Waals surface area contributed by atoms with Gasteiger partial charge in [-0.3, -0.25) is 4.90 Å². The number of rotatable bonds is 2. The molecule has 0 N–H and O–H groups in total. The molecule has 16 heavy (non-hydrogen) atoms. The molecule has 0 unspecified atom stereocenters. The van der Waals surface area contributed by atoms with Crippen molar-refractivity contribution in [1.82, 2.24) is 9.88 Å². The minimum absolute atomic E-state index is 0.0585. The molecule has 1 fully saturated rings. The highest BCUT2D eigenvalue weighted by Crippen LogP contribution is 2.23. The zero-order chi connectivity index (χ0) is 11.6. The predicted molar refractivity (Wildman–Crippen MR) is 67.8 cm³/mol. The second-order valence-electron chi connectivity index (χ2n) is 5.26. The van der Waals surface area contributed by atoms with E-state index in [1.165, 1.54) is 11.5 Å². The maximum absolute atomic E-state index is 5.79. The van der Waals surface area contributed by atoms with Crippen molar-refractivity contribution in [2.75, 3.05) is 24.6 Å². The Morgan fingerprint density at radius 2 is 2.06 bits per heavy atom. The molecule has 0 spiro atoms. The van der Waals surface area contributed by atoms with E-state index in [0.717, 1.165) is 31.3 Å². The summed E-state index contributed by atoms with van der Waals surface area (Å²) >= 11 is 2.03. The van der Waals surface area contributed by atoms with Crippen molar-refractivity contribution >= 4 is 11.8 Å². The van der Waals surface area contributed by atoms with Crippen LogP contribution in [-0.2, 0) is 12.0 Å². The van der Waals surface area contributed by atoms with Gasteiger partial charge < -0.3 is 4.42 Å². The molecule has 3 nitrogen and oxygen atoms in total. The van der Waals surface area contributed by atoms with Gasteiger partial charge in [-0.2, -0.15) is 11.8 Å². The Morgan fingerprint density at radius 3 is 2.62 bits per heavy atom. The van der Waals surface area contributed by atoms with E-state index in [2.05, 4.69) is 30.7 Å². The number of hydrogen-bond donors (Lipinski definition) is 0. The Kier molecular flexibility index (Phi) is 3.60. The molecule has 1 aromatic rings. The van der Waals surface area contributed by atoms with Crippen molar-refractivity contribution in [2.24, 2.45) is 0 Å². The lowest BCUT2D eigenvalue weighted by molar-refractivity contribution is 0.253. The first-order chi connectivity index (χ1) is 7.55. The molecule has 2 rings (SSSR count). The van der Waals surface area contributed by atoms with E-state index in [0.29, 0.717) is 0 Å². The molecule has 0 bridgehead atoms. The molecule has 0 amide bonds. The van der Waals surface area contributed by atoms with Gasteiger partial charge in [-0.15, -0.1) is 0 Å². The van der Waals surface area contributed by atoms with E-state index in [9.17, 15) is 0 Å². The molecule has 0 radical (unpaired) electrons. The third-order valence-corrected chi connectivity index (χ3v) is 3.70. The van der Waals surface area contributed by atoms with Crippen molar-refractivity contribution in [3.8, 4) is 0 Å². The average Bonchev–Trinajstić information content (AvgIpc) is 2.67. The van der Waals surface area contributed by atoms with Crippen molar-refractivity contribution < 1.29 is 4.42 Å². The summed E-state index contributed by atoms with van der Waals surface area (Å²) in [6, 6.07) is 0. The molecule has 0 atom stereocenters. The number of nitrogens with zero attached hydrogens (tertiary/aromatic N) is 2. The summed E-state index contributed by atoms with van der Waals surface area (Å²) in [7, 11) is 0. The van der Waals surface area contributed by atoms with E-state index >= 15 is 0 Å². The zero-order valence-electron chi connectivity index (χ0n) is 10.3. The molecule has 90 valence electrons. The lowest BCUT2D eigenvalue weighted by Crippen LogP contribution is -2.32. The van der Waals surface area contributed by atoms with Gasteiger partial charge in [0.2, 0.25) is 5.89 Å². The first-order valence-electron chi connectivity index (χ1n) is 5.81. The quantitative estimate of drug-likeness (QED) is 0.794. The van der Waals surface area contributed by atoms with Crippen LogP contribution in [0.5, 0.6) is 0 Å². The number of oxazole rings is 1. The Morgan fingerprint density at radius 1 is 1.38 bits per heavy atom. The molecule has 1 aliphatic heterocycles. The van der Waals surface area contributed by atoms with Gasteiger partial charge in [0, 0.05) is 30.0 Å². The highest BCUT2D eigenvalue weighted by atomic mass is 32.2. The number of aromatic nitrogens is 1. The normalized spacial score (nSPS) is 18.9. The summed E-state index contributed by atoms with van der Waals surface area (Å²) < 4.78 is 5.79. The molecule has 2 heterocycles. The summed E-state index contributed by atoms with van der Waals surface area (Å²) in [5.41, 5.74) is 0.0585. The third kappa shape index (κ3) is 3.01. The maximum Gasteiger partial charge on any atom is 0.208 e. The summed E-state index contributed by atoms with van der Waals surface area (Å²) in [5.74, 6) is 4.30. The van der Waals surface area contributed by atoms with Crippen LogP contribution >= 0.6 is 11.8 Å². The fourth-order valence-corrected chi connectivity index (χ4v) is 2.66. The minimum Gasteiger partial charge on any atom is -0.444 e. The van der Waals surface area contributed by atoms with Crippen LogP contribution in [0.4, 0.5) is 0 Å². The van der Waals surface area contributed by atoms with E-state index in [-0.39, 0.29) is 5.41 Å². The number of hydrogen-bond acceptors (Lipinski definition) is 4. The molecule has 4 heteroatoms. The van der Waals surface area contributed by atoms with Gasteiger partial charge in [0.05, 0.1) is 12.7 Å². The second kappa shape index (κ2) is 4.80. The molecule has 0 saturated carbocycles. The minimum atomic E-state index is 0.0585. The lowest BCUT2D eigenvalue weighted by atomic mass is 9.94. The van der Waals surface area contributed by atoms with Gasteiger partial charge in [-0.1, -0.05) is 20.8 Å². The zero-order valence-corrected chi connectivity index (χ0v) is 11.1. The number of thioether (sulfide) groups is 1. The Labute approximate surface area is 102 Å². The largest absolute Gasteiger partial charge is 0.444 e. The van der Waals surface area contributed by atoms with Crippen LogP contribution in [0, 0.1) is 0 Å². The van der Waals surface area contributed by atoms with E-state index < -0.39 is 0 Å². The van der Waals surface area contributed by atoms with Crippen molar-refractivity contribution in [1.29, 1.82) is 0 Å². The fraction of sp³-hybridized carbons (Fsp3) is 0.750. The topological polar surface area (TPSA) is 29.3 Å². The first-order valence-corrected chi connectivity index (χ1v) is 6.96. The van der Waals surface area contributed by atoms with Gasteiger partial charge in [0.25, 0.3) is 0 Å². The average molecular weight is 240 g/mol. The Hall–Kier alpha value is -0.480. The maximum atomic E-state index is 5.79. The van der Waals surface area contributed by atoms with Gasteiger partial charge in [0.1, 0.15) is 5.76 Å². The van der Waals surface area contributed by atoms with Gasteiger partial charge >= 0.3 is 0 Å². The van der Waals surface area contributed by atoms with Crippen molar-refractivity contribution in [3.63, 3.8) is 0 Å². The molecular formula is C12H20N2OS. The second-order valence-corrected chi connectivity index (χ2v) is 6.48. The summed E-state index contributed by atoms with van der Waals surface area (Å²) in [6.07, 6.45) is 1.87. The molecular weight excluding hydrogens is 220 g/mol. The van der Waals surface area contributed by atoms with Crippen LogP contribution in [0.1, 0.15) is 32.4 Å². The molecule has 0 aromatic carbocycles. The lowest BCUT2D eigenvalue weighted by Gasteiger charge is -2.24. The standard InChI is InChI=1S/C12H20N2OS/c1-12(2,3)10-8-13-11(15-10)9-14-4-6-16-7-5-14/h8H,4-7,9H2,1-3H3. The highest BCUT2D eigenvalue weighted by Gasteiger charge is 2.20. The van der Waals surface area contributed by atoms with Crippen LogP contribution in [0.2, 0.25) is 0 Å². The smallest absolute Gasteiger partial charge is 0.208 e. The Bertz CT molecular complexity index is 337. The van der Waals surface area contributed by atoms with Crippen LogP contribution < -0.4 is 0 Å². The SMILES string of the molecule is CC(C)(C)c1cnc(CN2CCSCC2)o1.